The summed E-state index contributed by atoms with van der Waals surface area (Å²) in [6.45, 7) is 2.13. The molecule has 0 aliphatic heterocycles. The van der Waals surface area contributed by atoms with Crippen molar-refractivity contribution in [2.45, 2.75) is 45.1 Å². The molecule has 0 spiro atoms. The highest BCUT2D eigenvalue weighted by Gasteiger charge is 2.14. The molecule has 1 aromatic rings. The van der Waals surface area contributed by atoms with Crippen LogP contribution in [0.5, 0.6) is 11.5 Å². The average molecular weight is 333 g/mol. The molecule has 0 unspecified atom stereocenters. The first-order chi connectivity index (χ1) is 11.6. The fourth-order valence-corrected chi connectivity index (χ4v) is 2.89. The van der Waals surface area contributed by atoms with Crippen molar-refractivity contribution in [1.29, 1.82) is 0 Å². The molecule has 1 aromatic carbocycles. The Labute approximate surface area is 143 Å². The molecule has 6 heteroatoms. The van der Waals surface area contributed by atoms with Gasteiger partial charge in [0.2, 0.25) is 0 Å². The minimum absolute atomic E-state index is 0.132. The Morgan fingerprint density at radius 2 is 1.96 bits per heavy atom. The maximum Gasteiger partial charge on any atom is 0.254 e. The molecular formula is C18H27N3O3. The average Bonchev–Trinajstić information content (AvgIpc) is 2.64. The number of hydrogen-bond acceptors (Lipinski definition) is 5. The predicted molar refractivity (Wildman–Crippen MR) is 94.8 cm³/mol. The van der Waals surface area contributed by atoms with Gasteiger partial charge in [0.15, 0.2) is 0 Å². The number of rotatable bonds is 7. The lowest BCUT2D eigenvalue weighted by atomic mass is 9.95. The molecule has 0 radical (unpaired) electrons. The summed E-state index contributed by atoms with van der Waals surface area (Å²) in [6, 6.07) is 5.95. The van der Waals surface area contributed by atoms with Gasteiger partial charge in [-0.2, -0.15) is 5.10 Å². The minimum Gasteiger partial charge on any atom is -0.497 e. The summed E-state index contributed by atoms with van der Waals surface area (Å²) in [4.78, 5) is 11.9. The maximum atomic E-state index is 11.9. The van der Waals surface area contributed by atoms with E-state index in [2.05, 4.69) is 15.8 Å². The first-order valence-electron chi connectivity index (χ1n) is 8.43. The van der Waals surface area contributed by atoms with Crippen LogP contribution in [0.3, 0.4) is 0 Å². The molecule has 0 bridgehead atoms. The largest absolute Gasteiger partial charge is 0.497 e. The lowest BCUT2D eigenvalue weighted by Crippen LogP contribution is -2.38. The van der Waals surface area contributed by atoms with E-state index in [1.165, 1.54) is 19.3 Å². The second-order valence-corrected chi connectivity index (χ2v) is 6.01. The van der Waals surface area contributed by atoms with Crippen molar-refractivity contribution in [2.75, 3.05) is 20.8 Å². The van der Waals surface area contributed by atoms with Gasteiger partial charge in [0, 0.05) is 17.7 Å². The Kier molecular flexibility index (Phi) is 7.06. The van der Waals surface area contributed by atoms with Gasteiger partial charge < -0.3 is 14.8 Å². The van der Waals surface area contributed by atoms with Crippen LogP contribution in [0.1, 0.15) is 44.6 Å². The Hall–Kier alpha value is -2.08. The molecule has 6 nitrogen and oxygen atoms in total. The summed E-state index contributed by atoms with van der Waals surface area (Å²) in [6.07, 6.45) is 6.09. The highest BCUT2D eigenvalue weighted by Crippen LogP contribution is 2.25. The van der Waals surface area contributed by atoms with Crippen LogP contribution in [0.15, 0.2) is 23.3 Å². The third-order valence-electron chi connectivity index (χ3n) is 4.30. The van der Waals surface area contributed by atoms with Crippen molar-refractivity contribution in [1.82, 2.24) is 10.7 Å². The number of nitrogens with zero attached hydrogens (tertiary/aromatic N) is 1. The fourth-order valence-electron chi connectivity index (χ4n) is 2.89. The van der Waals surface area contributed by atoms with Crippen molar-refractivity contribution >= 4 is 11.6 Å². The highest BCUT2D eigenvalue weighted by atomic mass is 16.5. The van der Waals surface area contributed by atoms with Crippen molar-refractivity contribution in [2.24, 2.45) is 5.10 Å². The van der Waals surface area contributed by atoms with E-state index in [-0.39, 0.29) is 5.91 Å². The van der Waals surface area contributed by atoms with Crippen LogP contribution < -0.4 is 20.2 Å². The molecule has 0 saturated heterocycles. The zero-order valence-electron chi connectivity index (χ0n) is 14.7. The molecule has 0 heterocycles. The SMILES string of the molecule is COc1ccc(/C(C)=N\NC(=O)CNC2CCCCC2)c(OC)c1. The number of carbonyl (C=O) groups is 1. The summed E-state index contributed by atoms with van der Waals surface area (Å²) < 4.78 is 10.5. The molecule has 132 valence electrons. The van der Waals surface area contributed by atoms with E-state index in [9.17, 15) is 4.79 Å². The summed E-state index contributed by atoms with van der Waals surface area (Å²) in [5.74, 6) is 1.24. The van der Waals surface area contributed by atoms with Crippen molar-refractivity contribution in [3.63, 3.8) is 0 Å². The van der Waals surface area contributed by atoms with Crippen LogP contribution in [0.2, 0.25) is 0 Å². The van der Waals surface area contributed by atoms with Gasteiger partial charge in [0.1, 0.15) is 11.5 Å². The summed E-state index contributed by atoms with van der Waals surface area (Å²) >= 11 is 0. The van der Waals surface area contributed by atoms with Gasteiger partial charge in [-0.1, -0.05) is 19.3 Å². The molecule has 1 aliphatic rings. The molecule has 2 rings (SSSR count). The number of ether oxygens (including phenoxy) is 2. The Bertz CT molecular complexity index is 581. The van der Waals surface area contributed by atoms with E-state index in [4.69, 9.17) is 9.47 Å². The quantitative estimate of drug-likeness (QED) is 0.594. The molecule has 0 aromatic heterocycles. The predicted octanol–water partition coefficient (Wildman–Crippen LogP) is 2.47. The van der Waals surface area contributed by atoms with Crippen LogP contribution >= 0.6 is 0 Å². The van der Waals surface area contributed by atoms with Crippen LogP contribution in [-0.4, -0.2) is 38.4 Å². The number of hydrogen-bond donors (Lipinski definition) is 2. The number of carbonyl (C=O) groups excluding carboxylic acids is 1. The first kappa shape index (κ1) is 18.3. The molecule has 0 atom stereocenters. The van der Waals surface area contributed by atoms with Crippen molar-refractivity contribution in [3.8, 4) is 11.5 Å². The molecule has 1 fully saturated rings. The van der Waals surface area contributed by atoms with Crippen LogP contribution in [-0.2, 0) is 4.79 Å². The first-order valence-corrected chi connectivity index (χ1v) is 8.43. The summed E-state index contributed by atoms with van der Waals surface area (Å²) in [5, 5.41) is 7.48. The zero-order valence-corrected chi connectivity index (χ0v) is 14.7. The smallest absolute Gasteiger partial charge is 0.254 e. The van der Waals surface area contributed by atoms with Gasteiger partial charge in [0.05, 0.1) is 26.5 Å². The normalized spacial score (nSPS) is 15.9. The summed E-state index contributed by atoms with van der Waals surface area (Å²) in [5.41, 5.74) is 4.10. The van der Waals surface area contributed by atoms with E-state index >= 15 is 0 Å². The van der Waals surface area contributed by atoms with Gasteiger partial charge in [-0.15, -0.1) is 0 Å². The Morgan fingerprint density at radius 1 is 1.21 bits per heavy atom. The molecular weight excluding hydrogens is 306 g/mol. The number of amides is 1. The van der Waals surface area contributed by atoms with Gasteiger partial charge in [-0.25, -0.2) is 5.43 Å². The minimum atomic E-state index is -0.132. The second-order valence-electron chi connectivity index (χ2n) is 6.01. The maximum absolute atomic E-state index is 11.9. The van der Waals surface area contributed by atoms with E-state index < -0.39 is 0 Å². The van der Waals surface area contributed by atoms with Crippen LogP contribution in [0.25, 0.3) is 0 Å². The molecule has 1 aliphatic carbocycles. The molecule has 2 N–H and O–H groups in total. The number of methoxy groups -OCH3 is 2. The van der Waals surface area contributed by atoms with E-state index in [1.54, 1.807) is 20.3 Å². The Morgan fingerprint density at radius 3 is 2.62 bits per heavy atom. The van der Waals surface area contributed by atoms with E-state index in [0.29, 0.717) is 29.8 Å². The van der Waals surface area contributed by atoms with Gasteiger partial charge >= 0.3 is 0 Å². The Balaban J connectivity index is 1.89. The third kappa shape index (κ3) is 5.23. The standard InChI is InChI=1S/C18H27N3O3/c1-13(16-10-9-15(23-2)11-17(16)24-3)20-21-18(22)12-19-14-7-5-4-6-8-14/h9-11,14,19H,4-8,12H2,1-3H3,(H,21,22)/b20-13-. The van der Waals surface area contributed by atoms with Crippen LogP contribution in [0.4, 0.5) is 0 Å². The van der Waals surface area contributed by atoms with Crippen molar-refractivity contribution < 1.29 is 14.3 Å². The van der Waals surface area contributed by atoms with Crippen molar-refractivity contribution in [3.05, 3.63) is 23.8 Å². The van der Waals surface area contributed by atoms with E-state index in [0.717, 1.165) is 18.4 Å². The number of benzene rings is 1. The zero-order chi connectivity index (χ0) is 17.4. The van der Waals surface area contributed by atoms with E-state index in [1.807, 2.05) is 19.1 Å². The number of nitrogens with one attached hydrogen (secondary N) is 2. The van der Waals surface area contributed by atoms with Gasteiger partial charge in [-0.05, 0) is 31.9 Å². The fraction of sp³-hybridized carbons (Fsp3) is 0.556. The highest BCUT2D eigenvalue weighted by molar-refractivity contribution is 6.01. The molecule has 1 saturated carbocycles. The monoisotopic (exact) mass is 333 g/mol. The number of hydrazone groups is 1. The van der Waals surface area contributed by atoms with Gasteiger partial charge in [-0.3, -0.25) is 4.79 Å². The third-order valence-corrected chi connectivity index (χ3v) is 4.30. The van der Waals surface area contributed by atoms with Gasteiger partial charge in [0.25, 0.3) is 5.91 Å². The summed E-state index contributed by atoms with van der Waals surface area (Å²) in [7, 11) is 3.20. The topological polar surface area (TPSA) is 72.0 Å². The lowest BCUT2D eigenvalue weighted by Gasteiger charge is -2.22. The molecule has 1 amide bonds. The lowest BCUT2D eigenvalue weighted by molar-refractivity contribution is -0.120. The van der Waals surface area contributed by atoms with Crippen LogP contribution in [0, 0.1) is 0 Å². The molecule has 24 heavy (non-hydrogen) atoms. The second kappa shape index (κ2) is 9.27.